The maximum atomic E-state index is 6.15. The predicted octanol–water partition coefficient (Wildman–Crippen LogP) is 3.39. The molecule has 1 aromatic heterocycles. The quantitative estimate of drug-likeness (QED) is 0.825. The first-order valence-electron chi connectivity index (χ1n) is 9.10. The van der Waals surface area contributed by atoms with Crippen molar-refractivity contribution in [2.24, 2.45) is 5.41 Å². The number of nitrogens with zero attached hydrogens (tertiary/aromatic N) is 2. The zero-order valence-corrected chi connectivity index (χ0v) is 14.9. The molecule has 4 nitrogen and oxygen atoms in total. The normalized spacial score (nSPS) is 32.5. The summed E-state index contributed by atoms with van der Waals surface area (Å²) in [7, 11) is 0. The Balaban J connectivity index is 1.40. The van der Waals surface area contributed by atoms with Crippen molar-refractivity contribution in [2.75, 3.05) is 26.3 Å². The molecule has 0 N–H and O–H groups in total. The number of ether oxygens (including phenoxy) is 2. The molecule has 0 radical (unpaired) electrons. The maximum Gasteiger partial charge on any atom is 0.0898 e. The van der Waals surface area contributed by atoms with Crippen molar-refractivity contribution in [3.8, 4) is 0 Å². The number of rotatable bonds is 5. The second-order valence-corrected chi connectivity index (χ2v) is 8.58. The van der Waals surface area contributed by atoms with Gasteiger partial charge in [0.1, 0.15) is 0 Å². The van der Waals surface area contributed by atoms with Gasteiger partial charge >= 0.3 is 0 Å². The molecule has 0 bridgehead atoms. The van der Waals surface area contributed by atoms with Gasteiger partial charge < -0.3 is 9.47 Å². The number of hydrogen-bond acceptors (Lipinski definition) is 5. The lowest BCUT2D eigenvalue weighted by molar-refractivity contribution is -0.163. The summed E-state index contributed by atoms with van der Waals surface area (Å²) in [6.07, 6.45) is 8.18. The average molecular weight is 337 g/mol. The van der Waals surface area contributed by atoms with Crippen molar-refractivity contribution in [1.82, 2.24) is 9.88 Å². The number of piperidine rings is 1. The van der Waals surface area contributed by atoms with E-state index in [1.54, 1.807) is 11.3 Å². The van der Waals surface area contributed by atoms with E-state index in [4.69, 9.17) is 9.47 Å². The third-order valence-corrected chi connectivity index (χ3v) is 6.74. The Bertz CT molecular complexity index is 531. The van der Waals surface area contributed by atoms with Crippen LogP contribution >= 0.6 is 11.3 Å². The Morgan fingerprint density at radius 3 is 3.04 bits per heavy atom. The van der Waals surface area contributed by atoms with Gasteiger partial charge in [0, 0.05) is 36.5 Å². The van der Waals surface area contributed by atoms with Gasteiger partial charge in [-0.3, -0.25) is 4.90 Å². The van der Waals surface area contributed by atoms with E-state index in [-0.39, 0.29) is 5.41 Å². The molecule has 0 amide bonds. The molecule has 1 aliphatic carbocycles. The first kappa shape index (κ1) is 16.0. The van der Waals surface area contributed by atoms with Crippen LogP contribution in [0.25, 0.3) is 0 Å². The van der Waals surface area contributed by atoms with Crippen LogP contribution in [-0.2, 0) is 16.1 Å². The Labute approximate surface area is 143 Å². The fourth-order valence-corrected chi connectivity index (χ4v) is 5.03. The van der Waals surface area contributed by atoms with Crippen LogP contribution in [0, 0.1) is 12.3 Å². The molecule has 128 valence electrons. The van der Waals surface area contributed by atoms with E-state index in [1.807, 2.05) is 0 Å². The van der Waals surface area contributed by atoms with E-state index >= 15 is 0 Å². The molecule has 1 saturated carbocycles. The largest absolute Gasteiger partial charge is 0.377 e. The van der Waals surface area contributed by atoms with Gasteiger partial charge in [-0.15, -0.1) is 11.3 Å². The molecule has 3 heterocycles. The molecular weight excluding hydrogens is 308 g/mol. The predicted molar refractivity (Wildman–Crippen MR) is 91.7 cm³/mol. The molecule has 1 aromatic rings. The van der Waals surface area contributed by atoms with E-state index in [9.17, 15) is 0 Å². The van der Waals surface area contributed by atoms with E-state index in [0.717, 1.165) is 30.0 Å². The highest BCUT2D eigenvalue weighted by atomic mass is 32.1. The summed E-state index contributed by atoms with van der Waals surface area (Å²) in [6.45, 7) is 6.82. The Morgan fingerprint density at radius 2 is 2.30 bits per heavy atom. The van der Waals surface area contributed by atoms with Crippen LogP contribution in [-0.4, -0.2) is 48.3 Å². The summed E-state index contributed by atoms with van der Waals surface area (Å²) in [4.78, 5) is 7.24. The summed E-state index contributed by atoms with van der Waals surface area (Å²) < 4.78 is 12.3. The molecule has 3 fully saturated rings. The Morgan fingerprint density at radius 1 is 1.39 bits per heavy atom. The highest BCUT2D eigenvalue weighted by Gasteiger charge is 2.47. The van der Waals surface area contributed by atoms with Crippen LogP contribution in [0.4, 0.5) is 0 Å². The number of hydrogen-bond donors (Lipinski definition) is 0. The lowest BCUT2D eigenvalue weighted by Gasteiger charge is -2.53. The van der Waals surface area contributed by atoms with Crippen LogP contribution in [0.3, 0.4) is 0 Å². The van der Waals surface area contributed by atoms with Crippen LogP contribution in [0.2, 0.25) is 0 Å². The van der Waals surface area contributed by atoms with Crippen molar-refractivity contribution in [3.05, 3.63) is 16.1 Å². The molecule has 3 aliphatic rings. The summed E-state index contributed by atoms with van der Waals surface area (Å²) in [6, 6.07) is 0.830. The summed E-state index contributed by atoms with van der Waals surface area (Å²) in [5.41, 5.74) is 1.28. The van der Waals surface area contributed by atoms with Crippen LogP contribution in [0.15, 0.2) is 5.38 Å². The molecule has 2 atom stereocenters. The molecule has 0 aromatic carbocycles. The second kappa shape index (κ2) is 6.79. The first-order valence-corrected chi connectivity index (χ1v) is 9.98. The summed E-state index contributed by atoms with van der Waals surface area (Å²) >= 11 is 1.70. The van der Waals surface area contributed by atoms with Gasteiger partial charge in [-0.1, -0.05) is 6.42 Å². The number of aromatic nitrogens is 1. The Hall–Kier alpha value is -0.490. The molecule has 2 unspecified atom stereocenters. The molecule has 4 rings (SSSR count). The minimum atomic E-state index is 0.206. The van der Waals surface area contributed by atoms with Crippen LogP contribution in [0.1, 0.15) is 49.2 Å². The Kier molecular flexibility index (Phi) is 4.72. The fraction of sp³-hybridized carbons (Fsp3) is 0.833. The van der Waals surface area contributed by atoms with E-state index < -0.39 is 0 Å². The van der Waals surface area contributed by atoms with Gasteiger partial charge in [0.15, 0.2) is 0 Å². The number of aryl methyl sites for hydroxylation is 1. The fourth-order valence-electron chi connectivity index (χ4n) is 4.43. The van der Waals surface area contributed by atoms with Crippen molar-refractivity contribution >= 4 is 11.3 Å². The number of fused-ring (bicyclic) bond motifs is 1. The molecule has 2 saturated heterocycles. The van der Waals surface area contributed by atoms with Crippen molar-refractivity contribution in [2.45, 2.75) is 64.2 Å². The lowest BCUT2D eigenvalue weighted by atomic mass is 9.72. The lowest BCUT2D eigenvalue weighted by Crippen LogP contribution is -2.59. The molecule has 5 heteroatoms. The van der Waals surface area contributed by atoms with Crippen molar-refractivity contribution in [1.29, 1.82) is 0 Å². The number of likely N-dealkylation sites (tertiary alicyclic amines) is 1. The van der Waals surface area contributed by atoms with E-state index in [0.29, 0.717) is 12.7 Å². The standard InChI is InChI=1S/C18H28N2O2S/c1-14-19-15(11-23-14)10-21-13-18-7-3-9-22-17(18)6-8-20(12-18)16-4-2-5-16/h11,16-17H,2-10,12-13H2,1H3. The smallest absolute Gasteiger partial charge is 0.0898 e. The molecular formula is C18H28N2O2S. The van der Waals surface area contributed by atoms with Gasteiger partial charge in [0.2, 0.25) is 0 Å². The third kappa shape index (κ3) is 3.34. The van der Waals surface area contributed by atoms with Gasteiger partial charge in [0.05, 0.1) is 30.0 Å². The minimum absolute atomic E-state index is 0.206. The van der Waals surface area contributed by atoms with Crippen LogP contribution in [0.5, 0.6) is 0 Å². The summed E-state index contributed by atoms with van der Waals surface area (Å²) in [5.74, 6) is 0. The van der Waals surface area contributed by atoms with E-state index in [1.165, 1.54) is 51.6 Å². The first-order chi connectivity index (χ1) is 11.3. The maximum absolute atomic E-state index is 6.15. The third-order valence-electron chi connectivity index (χ3n) is 5.91. The SMILES string of the molecule is Cc1nc(COCC23CCCOC2CCN(C2CCC2)C3)cs1. The van der Waals surface area contributed by atoms with Crippen molar-refractivity contribution in [3.63, 3.8) is 0 Å². The molecule has 0 spiro atoms. The van der Waals surface area contributed by atoms with Gasteiger partial charge in [-0.05, 0) is 39.0 Å². The average Bonchev–Trinajstić information content (AvgIpc) is 2.91. The van der Waals surface area contributed by atoms with Gasteiger partial charge in [-0.25, -0.2) is 4.98 Å². The summed E-state index contributed by atoms with van der Waals surface area (Å²) in [5, 5.41) is 3.23. The van der Waals surface area contributed by atoms with Crippen LogP contribution < -0.4 is 0 Å². The minimum Gasteiger partial charge on any atom is -0.377 e. The van der Waals surface area contributed by atoms with Gasteiger partial charge in [-0.2, -0.15) is 0 Å². The molecule has 2 aliphatic heterocycles. The van der Waals surface area contributed by atoms with E-state index in [2.05, 4.69) is 22.2 Å². The molecule has 23 heavy (non-hydrogen) atoms. The number of thiazole rings is 1. The second-order valence-electron chi connectivity index (χ2n) is 7.52. The highest BCUT2D eigenvalue weighted by molar-refractivity contribution is 7.09. The van der Waals surface area contributed by atoms with Crippen molar-refractivity contribution < 1.29 is 9.47 Å². The monoisotopic (exact) mass is 336 g/mol. The highest BCUT2D eigenvalue weighted by Crippen LogP contribution is 2.42. The van der Waals surface area contributed by atoms with Gasteiger partial charge in [0.25, 0.3) is 0 Å². The zero-order valence-electron chi connectivity index (χ0n) is 14.1. The topological polar surface area (TPSA) is 34.6 Å². The zero-order chi connectivity index (χ0) is 15.7.